The number of carbonyl (C=O) groups excluding carboxylic acids is 2. The normalized spacial score (nSPS) is 10.4. The lowest BCUT2D eigenvalue weighted by Gasteiger charge is -2.01. The van der Waals surface area contributed by atoms with Crippen LogP contribution in [0.3, 0.4) is 0 Å². The third kappa shape index (κ3) is 3.97. The van der Waals surface area contributed by atoms with Crippen LogP contribution in [-0.2, 0) is 9.53 Å². The summed E-state index contributed by atoms with van der Waals surface area (Å²) in [6.07, 6.45) is 4.57. The monoisotopic (exact) mass is 252 g/mol. The smallest absolute Gasteiger partial charge is 0.342 e. The number of esters is 1. The number of halogens is 1. The van der Waals surface area contributed by atoms with E-state index in [1.165, 1.54) is 26.3 Å². The number of pyridine rings is 1. The number of nitrogens with one attached hydrogen (secondary N) is 1. The number of methoxy groups -OCH3 is 1. The fourth-order valence-corrected chi connectivity index (χ4v) is 1.21. The topological polar surface area (TPSA) is 68.3 Å². The van der Waals surface area contributed by atoms with Gasteiger partial charge in [-0.25, -0.2) is 9.78 Å². The summed E-state index contributed by atoms with van der Waals surface area (Å²) < 4.78 is 17.6. The standard InChI is InChI=1S/C12H13FN2O3/c1-8(16)14-5-3-4-9-6-10(12(17)18-2)11(13)15-7-9/h3-4,6-7H,5H2,1-2H3,(H,14,16). The minimum atomic E-state index is -0.874. The number of ether oxygens (including phenoxy) is 1. The van der Waals surface area contributed by atoms with E-state index >= 15 is 0 Å². The summed E-state index contributed by atoms with van der Waals surface area (Å²) in [6, 6.07) is 1.33. The van der Waals surface area contributed by atoms with Crippen molar-refractivity contribution < 1.29 is 18.7 Å². The van der Waals surface area contributed by atoms with Crippen molar-refractivity contribution in [1.29, 1.82) is 0 Å². The first-order valence-corrected chi connectivity index (χ1v) is 5.19. The molecule has 0 bridgehead atoms. The van der Waals surface area contributed by atoms with Gasteiger partial charge in [-0.2, -0.15) is 4.39 Å². The van der Waals surface area contributed by atoms with Crippen molar-refractivity contribution in [3.8, 4) is 0 Å². The molecular weight excluding hydrogens is 239 g/mol. The van der Waals surface area contributed by atoms with Gasteiger partial charge in [-0.3, -0.25) is 4.79 Å². The van der Waals surface area contributed by atoms with E-state index in [-0.39, 0.29) is 11.5 Å². The third-order valence-corrected chi connectivity index (χ3v) is 2.04. The molecule has 1 N–H and O–H groups in total. The Hall–Kier alpha value is -2.24. The van der Waals surface area contributed by atoms with Gasteiger partial charge in [-0.15, -0.1) is 0 Å². The molecule has 1 aromatic heterocycles. The Kier molecular flexibility index (Phi) is 4.98. The van der Waals surface area contributed by atoms with Crippen LogP contribution in [0.2, 0.25) is 0 Å². The maximum Gasteiger partial charge on any atom is 0.342 e. The zero-order valence-electron chi connectivity index (χ0n) is 10.1. The van der Waals surface area contributed by atoms with Gasteiger partial charge in [-0.1, -0.05) is 12.2 Å². The highest BCUT2D eigenvalue weighted by Crippen LogP contribution is 2.10. The molecule has 0 atom stereocenters. The number of rotatable bonds is 4. The molecule has 0 aliphatic carbocycles. The van der Waals surface area contributed by atoms with Gasteiger partial charge in [-0.05, 0) is 11.6 Å². The molecule has 6 heteroatoms. The maximum absolute atomic E-state index is 13.2. The molecule has 0 saturated carbocycles. The Morgan fingerprint density at radius 1 is 1.56 bits per heavy atom. The second kappa shape index (κ2) is 6.48. The summed E-state index contributed by atoms with van der Waals surface area (Å²) in [7, 11) is 1.17. The van der Waals surface area contributed by atoms with Crippen LogP contribution in [0, 0.1) is 5.95 Å². The molecule has 0 unspecified atom stereocenters. The molecule has 5 nitrogen and oxygen atoms in total. The molecule has 0 aliphatic rings. The molecule has 1 heterocycles. The van der Waals surface area contributed by atoms with E-state index in [2.05, 4.69) is 15.0 Å². The molecule has 96 valence electrons. The van der Waals surface area contributed by atoms with Crippen LogP contribution in [0.5, 0.6) is 0 Å². The predicted octanol–water partition coefficient (Wildman–Crippen LogP) is 1.16. The highest BCUT2D eigenvalue weighted by molar-refractivity contribution is 5.89. The van der Waals surface area contributed by atoms with Gasteiger partial charge in [0.1, 0.15) is 5.56 Å². The van der Waals surface area contributed by atoms with Crippen LogP contribution in [-0.4, -0.2) is 30.5 Å². The second-order valence-corrected chi connectivity index (χ2v) is 3.44. The number of aromatic nitrogens is 1. The predicted molar refractivity (Wildman–Crippen MR) is 63.3 cm³/mol. The number of carbonyl (C=O) groups is 2. The highest BCUT2D eigenvalue weighted by Gasteiger charge is 2.13. The van der Waals surface area contributed by atoms with Crippen LogP contribution < -0.4 is 5.32 Å². The number of amides is 1. The van der Waals surface area contributed by atoms with E-state index in [0.29, 0.717) is 12.1 Å². The van der Waals surface area contributed by atoms with Crippen molar-refractivity contribution in [3.63, 3.8) is 0 Å². The minimum absolute atomic E-state index is 0.146. The van der Waals surface area contributed by atoms with E-state index in [9.17, 15) is 14.0 Å². The van der Waals surface area contributed by atoms with E-state index in [1.54, 1.807) is 12.2 Å². The van der Waals surface area contributed by atoms with E-state index in [0.717, 1.165) is 0 Å². The molecule has 1 aromatic rings. The number of hydrogen-bond donors (Lipinski definition) is 1. The van der Waals surface area contributed by atoms with E-state index in [4.69, 9.17) is 0 Å². The average molecular weight is 252 g/mol. The van der Waals surface area contributed by atoms with Crippen molar-refractivity contribution >= 4 is 18.0 Å². The maximum atomic E-state index is 13.2. The summed E-state index contributed by atoms with van der Waals surface area (Å²) in [5, 5.41) is 2.56. The lowest BCUT2D eigenvalue weighted by molar-refractivity contribution is -0.118. The summed E-state index contributed by atoms with van der Waals surface area (Å²) in [5.41, 5.74) is 0.321. The fourth-order valence-electron chi connectivity index (χ4n) is 1.21. The van der Waals surface area contributed by atoms with Crippen molar-refractivity contribution in [2.24, 2.45) is 0 Å². The quantitative estimate of drug-likeness (QED) is 0.645. The van der Waals surface area contributed by atoms with Gasteiger partial charge in [0.15, 0.2) is 0 Å². The second-order valence-electron chi connectivity index (χ2n) is 3.44. The molecule has 0 fully saturated rings. The van der Waals surface area contributed by atoms with Crippen LogP contribution in [0.4, 0.5) is 4.39 Å². The third-order valence-electron chi connectivity index (χ3n) is 2.04. The molecule has 0 aliphatic heterocycles. The van der Waals surface area contributed by atoms with Gasteiger partial charge >= 0.3 is 5.97 Å². The summed E-state index contributed by atoms with van der Waals surface area (Å²) in [5.74, 6) is -1.80. The van der Waals surface area contributed by atoms with Gasteiger partial charge in [0.05, 0.1) is 7.11 Å². The molecule has 0 spiro atoms. The van der Waals surface area contributed by atoms with Crippen molar-refractivity contribution in [2.45, 2.75) is 6.92 Å². The Balaban J connectivity index is 2.79. The zero-order chi connectivity index (χ0) is 13.5. The Bertz CT molecular complexity index is 486. The number of nitrogens with zero attached hydrogens (tertiary/aromatic N) is 1. The first-order chi connectivity index (χ1) is 8.54. The minimum Gasteiger partial charge on any atom is -0.465 e. The molecule has 0 radical (unpaired) electrons. The fraction of sp³-hybridized carbons (Fsp3) is 0.250. The molecule has 0 saturated heterocycles. The Labute approximate surface area is 104 Å². The van der Waals surface area contributed by atoms with Crippen LogP contribution in [0.15, 0.2) is 18.3 Å². The largest absolute Gasteiger partial charge is 0.465 e. The summed E-state index contributed by atoms with van der Waals surface area (Å²) in [4.78, 5) is 25.3. The average Bonchev–Trinajstić information content (AvgIpc) is 2.35. The van der Waals surface area contributed by atoms with Gasteiger partial charge in [0.25, 0.3) is 0 Å². The van der Waals surface area contributed by atoms with Crippen LogP contribution >= 0.6 is 0 Å². The lowest BCUT2D eigenvalue weighted by atomic mass is 10.2. The lowest BCUT2D eigenvalue weighted by Crippen LogP contribution is -2.19. The van der Waals surface area contributed by atoms with E-state index < -0.39 is 11.9 Å². The van der Waals surface area contributed by atoms with Crippen LogP contribution in [0.1, 0.15) is 22.8 Å². The highest BCUT2D eigenvalue weighted by atomic mass is 19.1. The van der Waals surface area contributed by atoms with Gasteiger partial charge in [0, 0.05) is 19.7 Å². The van der Waals surface area contributed by atoms with Gasteiger partial charge in [0.2, 0.25) is 11.9 Å². The van der Waals surface area contributed by atoms with Crippen molar-refractivity contribution in [1.82, 2.24) is 10.3 Å². The molecule has 1 amide bonds. The molecule has 1 rings (SSSR count). The molecular formula is C12H13FN2O3. The van der Waals surface area contributed by atoms with Gasteiger partial charge < -0.3 is 10.1 Å². The van der Waals surface area contributed by atoms with Crippen LogP contribution in [0.25, 0.3) is 6.08 Å². The SMILES string of the molecule is COC(=O)c1cc(C=CCNC(C)=O)cnc1F. The Morgan fingerprint density at radius 2 is 2.28 bits per heavy atom. The Morgan fingerprint density at radius 3 is 2.89 bits per heavy atom. The first kappa shape index (κ1) is 13.8. The van der Waals surface area contributed by atoms with Crippen molar-refractivity contribution in [3.05, 3.63) is 35.4 Å². The van der Waals surface area contributed by atoms with E-state index in [1.807, 2.05) is 0 Å². The summed E-state index contributed by atoms with van der Waals surface area (Å²) >= 11 is 0. The summed E-state index contributed by atoms with van der Waals surface area (Å²) in [6.45, 7) is 1.75. The molecule has 0 aromatic carbocycles. The zero-order valence-corrected chi connectivity index (χ0v) is 10.1. The number of hydrogen-bond acceptors (Lipinski definition) is 4. The first-order valence-electron chi connectivity index (χ1n) is 5.19. The molecule has 18 heavy (non-hydrogen) atoms. The van der Waals surface area contributed by atoms with Crippen molar-refractivity contribution in [2.75, 3.05) is 13.7 Å².